The predicted octanol–water partition coefficient (Wildman–Crippen LogP) is 7.44. The fourth-order valence-corrected chi connectivity index (χ4v) is 3.12. The highest BCUT2D eigenvalue weighted by molar-refractivity contribution is 6.30. The molecule has 0 atom stereocenters. The molecule has 4 rings (SSSR count). The minimum absolute atomic E-state index is 0.0452. The van der Waals surface area contributed by atoms with Crippen LogP contribution in [0, 0.1) is 0 Å². The van der Waals surface area contributed by atoms with E-state index < -0.39 is 11.7 Å². The fourth-order valence-electron chi connectivity index (χ4n) is 2.99. The van der Waals surface area contributed by atoms with Gasteiger partial charge in [0.1, 0.15) is 16.9 Å². The normalized spacial score (nSPS) is 11.8. The van der Waals surface area contributed by atoms with Gasteiger partial charge in [-0.3, -0.25) is 0 Å². The Kier molecular flexibility index (Phi) is 4.00. The standard InChI is InChI=1S/C21H12ClF3O/c22-16-9-6-14(7-10-16)20-19(21(23,24)25)17-12-15(8-11-18(17)26-20)13-4-2-1-3-5-13/h1-12H. The molecule has 0 aliphatic heterocycles. The monoisotopic (exact) mass is 372 g/mol. The second kappa shape index (κ2) is 6.22. The first kappa shape index (κ1) is 16.7. The summed E-state index contributed by atoms with van der Waals surface area (Å²) in [5.74, 6) is -0.200. The second-order valence-corrected chi connectivity index (χ2v) is 6.32. The summed E-state index contributed by atoms with van der Waals surface area (Å²) in [6, 6.07) is 20.2. The molecule has 0 saturated carbocycles. The van der Waals surface area contributed by atoms with Crippen LogP contribution in [0.15, 0.2) is 77.2 Å². The number of halogens is 4. The van der Waals surface area contributed by atoms with Crippen LogP contribution in [0.3, 0.4) is 0 Å². The lowest BCUT2D eigenvalue weighted by molar-refractivity contribution is -0.136. The first-order valence-corrected chi connectivity index (χ1v) is 8.26. The Morgan fingerprint density at radius 3 is 2.04 bits per heavy atom. The third-order valence-electron chi connectivity index (χ3n) is 4.18. The Morgan fingerprint density at radius 1 is 0.731 bits per heavy atom. The Labute approximate surface area is 152 Å². The maximum absolute atomic E-state index is 13.8. The molecule has 26 heavy (non-hydrogen) atoms. The number of hydrogen-bond donors (Lipinski definition) is 0. The molecule has 4 aromatic rings. The number of fused-ring (bicyclic) bond motifs is 1. The molecule has 1 aromatic heterocycles. The van der Waals surface area contributed by atoms with Gasteiger partial charge in [-0.2, -0.15) is 13.2 Å². The molecule has 0 aliphatic carbocycles. The van der Waals surface area contributed by atoms with Crippen molar-refractivity contribution in [1.29, 1.82) is 0 Å². The van der Waals surface area contributed by atoms with E-state index in [0.717, 1.165) is 5.56 Å². The van der Waals surface area contributed by atoms with Crippen LogP contribution in [-0.2, 0) is 6.18 Å². The van der Waals surface area contributed by atoms with Crippen molar-refractivity contribution in [2.45, 2.75) is 6.18 Å². The minimum Gasteiger partial charge on any atom is -0.455 e. The molecule has 5 heteroatoms. The summed E-state index contributed by atoms with van der Waals surface area (Å²) < 4.78 is 47.1. The molecule has 0 saturated heterocycles. The first-order valence-electron chi connectivity index (χ1n) is 7.88. The molecule has 3 aromatic carbocycles. The van der Waals surface area contributed by atoms with E-state index in [0.29, 0.717) is 16.1 Å². The van der Waals surface area contributed by atoms with Crippen LogP contribution in [0.25, 0.3) is 33.4 Å². The number of alkyl halides is 3. The molecule has 0 bridgehead atoms. The summed E-state index contributed by atoms with van der Waals surface area (Å²) in [4.78, 5) is 0. The molecule has 130 valence electrons. The Morgan fingerprint density at radius 2 is 1.38 bits per heavy atom. The van der Waals surface area contributed by atoms with Gasteiger partial charge >= 0.3 is 6.18 Å². The number of benzene rings is 3. The maximum atomic E-state index is 13.8. The molecule has 0 radical (unpaired) electrons. The fraction of sp³-hybridized carbons (Fsp3) is 0.0476. The Balaban J connectivity index is 1.97. The van der Waals surface area contributed by atoms with Crippen molar-refractivity contribution in [3.05, 3.63) is 83.4 Å². The summed E-state index contributed by atoms with van der Waals surface area (Å²) in [6.07, 6.45) is -4.55. The molecule has 1 heterocycles. The molecule has 0 unspecified atom stereocenters. The second-order valence-electron chi connectivity index (χ2n) is 5.89. The largest absolute Gasteiger partial charge is 0.455 e. The van der Waals surface area contributed by atoms with Crippen molar-refractivity contribution in [1.82, 2.24) is 0 Å². The zero-order valence-corrected chi connectivity index (χ0v) is 14.1. The van der Waals surface area contributed by atoms with E-state index in [2.05, 4.69) is 0 Å². The lowest BCUT2D eigenvalue weighted by atomic mass is 10.0. The van der Waals surface area contributed by atoms with E-state index in [-0.39, 0.29) is 16.7 Å². The van der Waals surface area contributed by atoms with Gasteiger partial charge in [0, 0.05) is 16.0 Å². The lowest BCUT2D eigenvalue weighted by Gasteiger charge is -2.08. The summed E-state index contributed by atoms with van der Waals surface area (Å²) in [6.45, 7) is 0. The average molecular weight is 373 g/mol. The number of furan rings is 1. The van der Waals surface area contributed by atoms with E-state index >= 15 is 0 Å². The van der Waals surface area contributed by atoms with Gasteiger partial charge in [-0.15, -0.1) is 0 Å². The van der Waals surface area contributed by atoms with Crippen LogP contribution in [0.2, 0.25) is 5.02 Å². The summed E-state index contributed by atoms with van der Waals surface area (Å²) >= 11 is 5.84. The highest BCUT2D eigenvalue weighted by Gasteiger charge is 2.39. The minimum atomic E-state index is -4.55. The van der Waals surface area contributed by atoms with Crippen molar-refractivity contribution in [2.24, 2.45) is 0 Å². The molecule has 0 fully saturated rings. The molecular weight excluding hydrogens is 361 g/mol. The average Bonchev–Trinajstić information content (AvgIpc) is 3.02. The molecule has 0 spiro atoms. The molecule has 0 amide bonds. The van der Waals surface area contributed by atoms with Crippen LogP contribution < -0.4 is 0 Å². The van der Waals surface area contributed by atoms with E-state index in [1.165, 1.54) is 18.2 Å². The van der Waals surface area contributed by atoms with Gasteiger partial charge in [0.05, 0.1) is 0 Å². The van der Waals surface area contributed by atoms with Gasteiger partial charge in [0.15, 0.2) is 0 Å². The van der Waals surface area contributed by atoms with Gasteiger partial charge in [-0.1, -0.05) is 48.0 Å². The van der Waals surface area contributed by atoms with Crippen LogP contribution in [0.5, 0.6) is 0 Å². The quantitative estimate of drug-likeness (QED) is 0.356. The van der Waals surface area contributed by atoms with E-state index in [9.17, 15) is 13.2 Å². The highest BCUT2D eigenvalue weighted by atomic mass is 35.5. The van der Waals surface area contributed by atoms with Gasteiger partial charge in [-0.05, 0) is 47.5 Å². The summed E-state index contributed by atoms with van der Waals surface area (Å²) in [5, 5.41) is 0.494. The van der Waals surface area contributed by atoms with Crippen molar-refractivity contribution >= 4 is 22.6 Å². The van der Waals surface area contributed by atoms with Crippen LogP contribution >= 0.6 is 11.6 Å². The van der Waals surface area contributed by atoms with Crippen molar-refractivity contribution < 1.29 is 17.6 Å². The number of rotatable bonds is 2. The lowest BCUT2D eigenvalue weighted by Crippen LogP contribution is -2.05. The van der Waals surface area contributed by atoms with Crippen LogP contribution in [0.4, 0.5) is 13.2 Å². The first-order chi connectivity index (χ1) is 12.4. The highest BCUT2D eigenvalue weighted by Crippen LogP contribution is 2.44. The van der Waals surface area contributed by atoms with Crippen molar-refractivity contribution in [2.75, 3.05) is 0 Å². The zero-order valence-electron chi connectivity index (χ0n) is 13.3. The zero-order chi connectivity index (χ0) is 18.3. The molecule has 1 nitrogen and oxygen atoms in total. The SMILES string of the molecule is FC(F)(F)c1c(-c2ccc(Cl)cc2)oc2ccc(-c3ccccc3)cc12. The van der Waals surface area contributed by atoms with Gasteiger partial charge < -0.3 is 4.42 Å². The van der Waals surface area contributed by atoms with Crippen molar-refractivity contribution in [3.8, 4) is 22.5 Å². The maximum Gasteiger partial charge on any atom is 0.420 e. The topological polar surface area (TPSA) is 13.1 Å². The Bertz CT molecular complexity index is 1060. The van der Waals surface area contributed by atoms with Gasteiger partial charge in [0.2, 0.25) is 0 Å². The predicted molar refractivity (Wildman–Crippen MR) is 97.1 cm³/mol. The summed E-state index contributed by atoms with van der Waals surface area (Å²) in [5.41, 5.74) is 1.30. The van der Waals surface area contributed by atoms with Crippen LogP contribution in [-0.4, -0.2) is 0 Å². The van der Waals surface area contributed by atoms with E-state index in [1.807, 2.05) is 30.3 Å². The smallest absolute Gasteiger partial charge is 0.420 e. The third-order valence-corrected chi connectivity index (χ3v) is 4.44. The van der Waals surface area contributed by atoms with E-state index in [1.54, 1.807) is 24.3 Å². The van der Waals surface area contributed by atoms with E-state index in [4.69, 9.17) is 16.0 Å². The third kappa shape index (κ3) is 2.97. The Hall–Kier alpha value is -2.72. The van der Waals surface area contributed by atoms with Crippen LogP contribution in [0.1, 0.15) is 5.56 Å². The molecular formula is C21H12ClF3O. The number of hydrogen-bond acceptors (Lipinski definition) is 1. The molecule has 0 aliphatic rings. The molecule has 0 N–H and O–H groups in total. The van der Waals surface area contributed by atoms with Gasteiger partial charge in [-0.25, -0.2) is 0 Å². The van der Waals surface area contributed by atoms with Gasteiger partial charge in [0.25, 0.3) is 0 Å². The van der Waals surface area contributed by atoms with Crippen molar-refractivity contribution in [3.63, 3.8) is 0 Å². The summed E-state index contributed by atoms with van der Waals surface area (Å²) in [7, 11) is 0.